The summed E-state index contributed by atoms with van der Waals surface area (Å²) in [7, 11) is 0. The molecule has 0 aliphatic heterocycles. The monoisotopic (exact) mass is 170 g/mol. The Balaban J connectivity index is 0. The van der Waals surface area contributed by atoms with Crippen molar-refractivity contribution >= 4 is 34.8 Å². The van der Waals surface area contributed by atoms with Gasteiger partial charge in [0.25, 0.3) is 0 Å². The zero-order valence-electron chi connectivity index (χ0n) is 3.75. The molecule has 0 aromatic rings. The van der Waals surface area contributed by atoms with E-state index in [0.717, 1.165) is 0 Å². The van der Waals surface area contributed by atoms with Crippen molar-refractivity contribution in [1.82, 2.24) is 0 Å². The molecule has 0 radical (unpaired) electrons. The quantitative estimate of drug-likeness (QED) is 0.298. The second kappa shape index (κ2) is 4.68. The van der Waals surface area contributed by atoms with Gasteiger partial charge in [-0.3, -0.25) is 0 Å². The summed E-state index contributed by atoms with van der Waals surface area (Å²) < 4.78 is -1.60. The van der Waals surface area contributed by atoms with Gasteiger partial charge in [-0.25, -0.2) is 0 Å². The van der Waals surface area contributed by atoms with Gasteiger partial charge in [0.05, 0.1) is 0 Å². The van der Waals surface area contributed by atoms with Crippen LogP contribution in [0.4, 0.5) is 0 Å². The molecule has 38 valence electrons. The van der Waals surface area contributed by atoms with E-state index in [-0.39, 0.29) is 29.6 Å². The minimum atomic E-state index is -1.60. The van der Waals surface area contributed by atoms with Crippen LogP contribution in [0.25, 0.3) is 0 Å². The summed E-state index contributed by atoms with van der Waals surface area (Å²) in [5.74, 6) is 0. The summed E-state index contributed by atoms with van der Waals surface area (Å²) in [5.41, 5.74) is 0. The van der Waals surface area contributed by atoms with Crippen molar-refractivity contribution in [2.75, 3.05) is 6.61 Å². The van der Waals surface area contributed by atoms with Crippen molar-refractivity contribution in [3.8, 4) is 0 Å². The van der Waals surface area contributed by atoms with E-state index in [1.807, 2.05) is 0 Å². The molecular weight excluding hydrogens is 169 g/mol. The van der Waals surface area contributed by atoms with Crippen molar-refractivity contribution in [2.45, 2.75) is 3.79 Å². The van der Waals surface area contributed by atoms with E-state index >= 15 is 0 Å². The normalized spacial score (nSPS) is 10.3. The Morgan fingerprint density at radius 3 is 1.43 bits per heavy atom. The van der Waals surface area contributed by atoms with Crippen LogP contribution in [0.2, 0.25) is 0 Å². The Morgan fingerprint density at radius 1 is 1.29 bits per heavy atom. The van der Waals surface area contributed by atoms with Gasteiger partial charge in [0.1, 0.15) is 0 Å². The minimum absolute atomic E-state index is 0. The van der Waals surface area contributed by atoms with E-state index in [9.17, 15) is 5.11 Å². The van der Waals surface area contributed by atoms with Crippen LogP contribution < -0.4 is 34.7 Å². The van der Waals surface area contributed by atoms with E-state index in [2.05, 4.69) is 0 Å². The van der Waals surface area contributed by atoms with E-state index in [0.29, 0.717) is 0 Å². The molecule has 0 atom stereocenters. The Hall–Kier alpha value is 1.83. The molecule has 7 heavy (non-hydrogen) atoms. The van der Waals surface area contributed by atoms with Crippen LogP contribution in [0.1, 0.15) is 0 Å². The summed E-state index contributed by atoms with van der Waals surface area (Å²) >= 11 is 14.8. The standard InChI is InChI=1S/C2H2Cl3O.Na/c3-2(4,5)1-6;/h1H2;/q-1;+1. The Labute approximate surface area is 79.2 Å². The fraction of sp³-hybridized carbons (Fsp3) is 1.00. The predicted molar refractivity (Wildman–Crippen MR) is 25.2 cm³/mol. The molecular formula is C2H2Cl3NaO. The van der Waals surface area contributed by atoms with E-state index in [1.165, 1.54) is 0 Å². The fourth-order valence-corrected chi connectivity index (χ4v) is 0. The summed E-state index contributed by atoms with van der Waals surface area (Å²) in [4.78, 5) is 0. The third-order valence-electron chi connectivity index (χ3n) is 0.164. The van der Waals surface area contributed by atoms with Gasteiger partial charge < -0.3 is 5.11 Å². The maximum atomic E-state index is 9.56. The molecule has 0 rings (SSSR count). The number of rotatable bonds is 0. The van der Waals surface area contributed by atoms with Crippen LogP contribution in [-0.4, -0.2) is 10.4 Å². The molecule has 0 N–H and O–H groups in total. The van der Waals surface area contributed by atoms with Crippen LogP contribution in [0.15, 0.2) is 0 Å². The third-order valence-corrected chi connectivity index (χ3v) is 0.491. The molecule has 0 aliphatic rings. The average molecular weight is 171 g/mol. The van der Waals surface area contributed by atoms with E-state index in [4.69, 9.17) is 34.8 Å². The summed E-state index contributed by atoms with van der Waals surface area (Å²) in [6.07, 6.45) is 0. The zero-order chi connectivity index (χ0) is 5.21. The Kier molecular flexibility index (Phi) is 7.77. The molecule has 0 aromatic carbocycles. The van der Waals surface area contributed by atoms with Crippen LogP contribution in [0, 0.1) is 0 Å². The van der Waals surface area contributed by atoms with Gasteiger partial charge in [0.15, 0.2) is 3.79 Å². The minimum Gasteiger partial charge on any atom is -0.851 e. The molecule has 0 saturated heterocycles. The van der Waals surface area contributed by atoms with Crippen molar-refractivity contribution in [3.63, 3.8) is 0 Å². The molecule has 0 bridgehead atoms. The molecule has 0 aliphatic carbocycles. The van der Waals surface area contributed by atoms with Crippen LogP contribution in [0.3, 0.4) is 0 Å². The summed E-state index contributed by atoms with van der Waals surface area (Å²) in [6.45, 7) is -0.683. The fourth-order valence-electron chi connectivity index (χ4n) is 0. The van der Waals surface area contributed by atoms with Crippen LogP contribution in [-0.2, 0) is 0 Å². The summed E-state index contributed by atoms with van der Waals surface area (Å²) in [5, 5.41) is 9.56. The third kappa shape index (κ3) is 11.4. The molecule has 0 amide bonds. The van der Waals surface area contributed by atoms with Gasteiger partial charge in [-0.2, -0.15) is 0 Å². The SMILES string of the molecule is [Na+].[O-]CC(Cl)(Cl)Cl. The summed E-state index contributed by atoms with van der Waals surface area (Å²) in [6, 6.07) is 0. The van der Waals surface area contributed by atoms with E-state index in [1.54, 1.807) is 0 Å². The van der Waals surface area contributed by atoms with Crippen molar-refractivity contribution in [3.05, 3.63) is 0 Å². The molecule has 0 saturated carbocycles. The molecule has 1 nitrogen and oxygen atoms in total. The van der Waals surface area contributed by atoms with Gasteiger partial charge in [-0.1, -0.05) is 41.4 Å². The first-order chi connectivity index (χ1) is 2.56. The molecule has 0 fully saturated rings. The molecule has 0 heterocycles. The first-order valence-corrected chi connectivity index (χ1v) is 2.34. The van der Waals surface area contributed by atoms with Crippen molar-refractivity contribution in [1.29, 1.82) is 0 Å². The van der Waals surface area contributed by atoms with Gasteiger partial charge >= 0.3 is 29.6 Å². The van der Waals surface area contributed by atoms with Gasteiger partial charge in [-0.15, -0.1) is 0 Å². The molecule has 0 spiro atoms. The first kappa shape index (κ1) is 11.6. The number of halogens is 3. The predicted octanol–water partition coefficient (Wildman–Crippen LogP) is -2.28. The smallest absolute Gasteiger partial charge is 0.851 e. The van der Waals surface area contributed by atoms with Crippen molar-refractivity contribution < 1.29 is 34.7 Å². The Morgan fingerprint density at radius 2 is 1.43 bits per heavy atom. The first-order valence-electron chi connectivity index (χ1n) is 1.21. The maximum Gasteiger partial charge on any atom is 1.00 e. The van der Waals surface area contributed by atoms with Gasteiger partial charge in [0.2, 0.25) is 0 Å². The maximum absolute atomic E-state index is 9.56. The van der Waals surface area contributed by atoms with Crippen LogP contribution >= 0.6 is 34.8 Å². The number of alkyl halides is 3. The largest absolute Gasteiger partial charge is 1.00 e. The second-order valence-electron chi connectivity index (χ2n) is 0.760. The second-order valence-corrected chi connectivity index (χ2v) is 3.28. The molecule has 5 heteroatoms. The van der Waals surface area contributed by atoms with Gasteiger partial charge in [-0.05, 0) is 0 Å². The number of hydrogen-bond acceptors (Lipinski definition) is 1. The molecule has 0 unspecified atom stereocenters. The Bertz CT molecular complexity index is 42.7. The van der Waals surface area contributed by atoms with Crippen molar-refractivity contribution in [2.24, 2.45) is 0 Å². The zero-order valence-corrected chi connectivity index (χ0v) is 8.02. The topological polar surface area (TPSA) is 23.1 Å². The number of hydrogen-bond donors (Lipinski definition) is 0. The average Bonchev–Trinajstić information content (AvgIpc) is 1.35. The van der Waals surface area contributed by atoms with E-state index < -0.39 is 10.4 Å². The van der Waals surface area contributed by atoms with Crippen LogP contribution in [0.5, 0.6) is 0 Å². The molecule has 0 aromatic heterocycles. The van der Waals surface area contributed by atoms with Gasteiger partial charge in [0, 0.05) is 0 Å².